The van der Waals surface area contributed by atoms with Crippen molar-refractivity contribution in [3.8, 4) is 0 Å². The Hall–Kier alpha value is -0.980. The van der Waals surface area contributed by atoms with E-state index in [0.717, 1.165) is 45.5 Å². The Kier molecular flexibility index (Phi) is 5.22. The summed E-state index contributed by atoms with van der Waals surface area (Å²) >= 11 is 0. The number of nitrogens with two attached hydrogens (primary N) is 1. The summed E-state index contributed by atoms with van der Waals surface area (Å²) in [7, 11) is 0. The molecule has 2 fully saturated rings. The minimum Gasteiger partial charge on any atom is -0.378 e. The van der Waals surface area contributed by atoms with Gasteiger partial charge >= 0.3 is 0 Å². The highest BCUT2D eigenvalue weighted by atomic mass is 16.5. The Morgan fingerprint density at radius 1 is 1.24 bits per heavy atom. The third kappa shape index (κ3) is 4.25. The molecule has 2 unspecified atom stereocenters. The predicted octanol–water partition coefficient (Wildman–Crippen LogP) is 1.67. The van der Waals surface area contributed by atoms with Crippen molar-refractivity contribution in [2.24, 2.45) is 5.73 Å². The number of hydrogen-bond donors (Lipinski definition) is 1. The summed E-state index contributed by atoms with van der Waals surface area (Å²) in [6, 6.07) is -0.147. The molecular formula is C15H26N4O2. The van der Waals surface area contributed by atoms with Crippen molar-refractivity contribution < 1.29 is 9.26 Å². The maximum Gasteiger partial charge on any atom is 0.226 e. The molecular weight excluding hydrogens is 268 g/mol. The topological polar surface area (TPSA) is 77.4 Å². The van der Waals surface area contributed by atoms with Crippen LogP contribution < -0.4 is 5.73 Å². The standard InChI is InChI=1S/C15H26N4O2/c16-13(11-19-8-2-3-9-19)15-17-14(21-18-15)7-6-12-5-1-4-10-20-12/h12-13H,1-11,16H2. The second kappa shape index (κ2) is 7.33. The molecule has 0 aliphatic carbocycles. The molecule has 1 aromatic heterocycles. The molecule has 2 saturated heterocycles. The van der Waals surface area contributed by atoms with Gasteiger partial charge < -0.3 is 19.9 Å². The van der Waals surface area contributed by atoms with Gasteiger partial charge in [-0.25, -0.2) is 0 Å². The molecule has 0 saturated carbocycles. The van der Waals surface area contributed by atoms with Crippen LogP contribution in [0.4, 0.5) is 0 Å². The number of aromatic nitrogens is 2. The molecule has 0 spiro atoms. The van der Waals surface area contributed by atoms with Gasteiger partial charge in [-0.15, -0.1) is 0 Å². The van der Waals surface area contributed by atoms with Gasteiger partial charge in [0.1, 0.15) is 0 Å². The van der Waals surface area contributed by atoms with Crippen LogP contribution in [0.1, 0.15) is 56.3 Å². The average molecular weight is 294 g/mol. The molecule has 0 aromatic carbocycles. The smallest absolute Gasteiger partial charge is 0.226 e. The molecule has 21 heavy (non-hydrogen) atoms. The van der Waals surface area contributed by atoms with Crippen LogP contribution in [0, 0.1) is 0 Å². The van der Waals surface area contributed by atoms with Crippen molar-refractivity contribution in [1.29, 1.82) is 0 Å². The molecule has 3 rings (SSSR count). The highest BCUT2D eigenvalue weighted by Gasteiger charge is 2.21. The van der Waals surface area contributed by atoms with Gasteiger partial charge in [-0.2, -0.15) is 4.98 Å². The van der Waals surface area contributed by atoms with Crippen molar-refractivity contribution in [3.05, 3.63) is 11.7 Å². The van der Waals surface area contributed by atoms with Crippen molar-refractivity contribution in [2.75, 3.05) is 26.2 Å². The van der Waals surface area contributed by atoms with Gasteiger partial charge in [-0.05, 0) is 51.6 Å². The van der Waals surface area contributed by atoms with Gasteiger partial charge in [0, 0.05) is 19.6 Å². The Bertz CT molecular complexity index is 425. The van der Waals surface area contributed by atoms with Crippen LogP contribution in [0.3, 0.4) is 0 Å². The maximum atomic E-state index is 6.18. The summed E-state index contributed by atoms with van der Waals surface area (Å²) in [5.74, 6) is 1.33. The molecule has 0 radical (unpaired) electrons. The lowest BCUT2D eigenvalue weighted by Crippen LogP contribution is -2.30. The molecule has 2 aliphatic rings. The van der Waals surface area contributed by atoms with E-state index >= 15 is 0 Å². The molecule has 3 heterocycles. The molecule has 1 aromatic rings. The summed E-state index contributed by atoms with van der Waals surface area (Å²) in [6.07, 6.45) is 8.24. The van der Waals surface area contributed by atoms with Crippen molar-refractivity contribution in [2.45, 2.75) is 57.1 Å². The van der Waals surface area contributed by atoms with Crippen molar-refractivity contribution in [3.63, 3.8) is 0 Å². The highest BCUT2D eigenvalue weighted by molar-refractivity contribution is 4.95. The van der Waals surface area contributed by atoms with E-state index in [0.29, 0.717) is 17.8 Å². The van der Waals surface area contributed by atoms with Crippen LogP contribution in [-0.4, -0.2) is 47.4 Å². The first-order valence-electron chi connectivity index (χ1n) is 8.23. The monoisotopic (exact) mass is 294 g/mol. The fourth-order valence-electron chi connectivity index (χ4n) is 3.16. The third-order valence-electron chi connectivity index (χ3n) is 4.42. The second-order valence-corrected chi connectivity index (χ2v) is 6.19. The molecule has 0 bridgehead atoms. The summed E-state index contributed by atoms with van der Waals surface area (Å²) in [5.41, 5.74) is 6.18. The van der Waals surface area contributed by atoms with Gasteiger partial charge in [-0.1, -0.05) is 5.16 Å². The Morgan fingerprint density at radius 2 is 2.10 bits per heavy atom. The number of ether oxygens (including phenoxy) is 1. The quantitative estimate of drug-likeness (QED) is 0.860. The second-order valence-electron chi connectivity index (χ2n) is 6.19. The third-order valence-corrected chi connectivity index (χ3v) is 4.42. The first kappa shape index (κ1) is 14.9. The van der Waals surface area contributed by atoms with Crippen molar-refractivity contribution in [1.82, 2.24) is 15.0 Å². The lowest BCUT2D eigenvalue weighted by Gasteiger charge is -2.21. The minimum absolute atomic E-state index is 0.147. The maximum absolute atomic E-state index is 6.18. The van der Waals surface area contributed by atoms with E-state index in [4.69, 9.17) is 15.0 Å². The summed E-state index contributed by atoms with van der Waals surface area (Å²) in [5, 5.41) is 4.04. The average Bonchev–Trinajstić information content (AvgIpc) is 3.17. The van der Waals surface area contributed by atoms with E-state index in [1.54, 1.807) is 0 Å². The molecule has 6 heteroatoms. The predicted molar refractivity (Wildman–Crippen MR) is 78.8 cm³/mol. The summed E-state index contributed by atoms with van der Waals surface area (Å²) < 4.78 is 11.0. The summed E-state index contributed by atoms with van der Waals surface area (Å²) in [4.78, 5) is 6.82. The van der Waals surface area contributed by atoms with Crippen LogP contribution in [0.2, 0.25) is 0 Å². The SMILES string of the molecule is NC(CN1CCCC1)c1noc(CCC2CCCCO2)n1. The van der Waals surface area contributed by atoms with Crippen LogP contribution in [0.5, 0.6) is 0 Å². The molecule has 2 atom stereocenters. The zero-order chi connectivity index (χ0) is 14.5. The number of likely N-dealkylation sites (tertiary alicyclic amines) is 1. The fraction of sp³-hybridized carbons (Fsp3) is 0.867. The number of rotatable bonds is 6. The van der Waals surface area contributed by atoms with Gasteiger partial charge in [-0.3, -0.25) is 0 Å². The van der Waals surface area contributed by atoms with Crippen LogP contribution in [-0.2, 0) is 11.2 Å². The largest absolute Gasteiger partial charge is 0.378 e. The zero-order valence-corrected chi connectivity index (χ0v) is 12.7. The Morgan fingerprint density at radius 3 is 2.86 bits per heavy atom. The van der Waals surface area contributed by atoms with E-state index in [1.165, 1.54) is 25.7 Å². The van der Waals surface area contributed by atoms with E-state index in [-0.39, 0.29) is 6.04 Å². The van der Waals surface area contributed by atoms with Crippen LogP contribution >= 0.6 is 0 Å². The number of aryl methyl sites for hydroxylation is 1. The fourth-order valence-corrected chi connectivity index (χ4v) is 3.16. The summed E-state index contributed by atoms with van der Waals surface area (Å²) in [6.45, 7) is 3.99. The first-order valence-corrected chi connectivity index (χ1v) is 8.23. The highest BCUT2D eigenvalue weighted by Crippen LogP contribution is 2.18. The van der Waals surface area contributed by atoms with E-state index in [1.807, 2.05) is 0 Å². The number of nitrogens with zero attached hydrogens (tertiary/aromatic N) is 3. The Labute approximate surface area is 126 Å². The zero-order valence-electron chi connectivity index (χ0n) is 12.7. The van der Waals surface area contributed by atoms with Crippen LogP contribution in [0.25, 0.3) is 0 Å². The Balaban J connectivity index is 1.45. The lowest BCUT2D eigenvalue weighted by molar-refractivity contribution is 0.0104. The molecule has 118 valence electrons. The minimum atomic E-state index is -0.147. The van der Waals surface area contributed by atoms with Crippen molar-refractivity contribution >= 4 is 0 Å². The van der Waals surface area contributed by atoms with E-state index in [9.17, 15) is 0 Å². The van der Waals surface area contributed by atoms with Gasteiger partial charge in [0.05, 0.1) is 12.1 Å². The van der Waals surface area contributed by atoms with Gasteiger partial charge in [0.15, 0.2) is 5.82 Å². The van der Waals surface area contributed by atoms with Gasteiger partial charge in [0.25, 0.3) is 0 Å². The van der Waals surface area contributed by atoms with E-state index < -0.39 is 0 Å². The van der Waals surface area contributed by atoms with Crippen LogP contribution in [0.15, 0.2) is 4.52 Å². The lowest BCUT2D eigenvalue weighted by atomic mass is 10.0. The molecule has 6 nitrogen and oxygen atoms in total. The molecule has 2 aliphatic heterocycles. The first-order chi connectivity index (χ1) is 10.3. The molecule has 2 N–H and O–H groups in total. The van der Waals surface area contributed by atoms with Gasteiger partial charge in [0.2, 0.25) is 5.89 Å². The normalized spacial score (nSPS) is 25.3. The molecule has 0 amide bonds. The van der Waals surface area contributed by atoms with E-state index in [2.05, 4.69) is 15.0 Å². The number of hydrogen-bond acceptors (Lipinski definition) is 6.